The van der Waals surface area contributed by atoms with Crippen LogP contribution in [0.25, 0.3) is 6.08 Å². The van der Waals surface area contributed by atoms with Crippen molar-refractivity contribution in [2.45, 2.75) is 34.1 Å². The highest BCUT2D eigenvalue weighted by molar-refractivity contribution is 7.48. The van der Waals surface area contributed by atoms with Gasteiger partial charge in [-0.1, -0.05) is 37.3 Å². The zero-order valence-corrected chi connectivity index (χ0v) is 15.1. The summed E-state index contributed by atoms with van der Waals surface area (Å²) in [7, 11) is -3.52. The second-order valence-corrected chi connectivity index (χ2v) is 6.58. The number of carbonyl (C=O) groups is 1. The van der Waals surface area contributed by atoms with E-state index in [1.54, 1.807) is 19.9 Å². The zero-order valence-electron chi connectivity index (χ0n) is 14.2. The van der Waals surface area contributed by atoms with Gasteiger partial charge in [-0.15, -0.1) is 0 Å². The van der Waals surface area contributed by atoms with Gasteiger partial charge in [-0.2, -0.15) is 0 Å². The van der Waals surface area contributed by atoms with Crippen molar-refractivity contribution in [3.05, 3.63) is 41.0 Å². The maximum Gasteiger partial charge on any atom is 0.475 e. The summed E-state index contributed by atoms with van der Waals surface area (Å²) in [5, 5.41) is 0. The number of carbonyl (C=O) groups excluding carboxylic acids is 1. The molecule has 0 bridgehead atoms. The summed E-state index contributed by atoms with van der Waals surface area (Å²) in [6, 6.07) is 7.39. The Morgan fingerprint density at radius 1 is 1.09 bits per heavy atom. The quantitative estimate of drug-likeness (QED) is 0.449. The van der Waals surface area contributed by atoms with E-state index in [1.165, 1.54) is 0 Å². The first-order valence-electron chi connectivity index (χ1n) is 7.78. The van der Waals surface area contributed by atoms with E-state index < -0.39 is 7.82 Å². The first-order valence-corrected chi connectivity index (χ1v) is 9.24. The fraction of sp³-hybridized carbons (Fsp3) is 0.471. The van der Waals surface area contributed by atoms with Gasteiger partial charge in [0.2, 0.25) is 0 Å². The predicted octanol–water partition coefficient (Wildman–Crippen LogP) is 4.88. The van der Waals surface area contributed by atoms with Crippen LogP contribution in [0.4, 0.5) is 0 Å². The van der Waals surface area contributed by atoms with Gasteiger partial charge in [0.15, 0.2) is 5.78 Å². The van der Waals surface area contributed by atoms with Gasteiger partial charge in [0, 0.05) is 12.0 Å². The van der Waals surface area contributed by atoms with Crippen LogP contribution in [0.3, 0.4) is 0 Å². The minimum Gasteiger partial charge on any atom is -0.294 e. The van der Waals surface area contributed by atoms with Gasteiger partial charge in [0.1, 0.15) is 0 Å². The van der Waals surface area contributed by atoms with Crippen LogP contribution >= 0.6 is 7.82 Å². The van der Waals surface area contributed by atoms with E-state index in [1.807, 2.05) is 38.1 Å². The highest BCUT2D eigenvalue weighted by Gasteiger charge is 2.25. The van der Waals surface area contributed by atoms with E-state index in [0.717, 1.165) is 11.1 Å². The SMILES string of the molecule is CCOP(=O)(OCC)OC/C(C)=C/c1ccccc1C(=O)CC. The number of phosphoric ester groups is 1. The number of Topliss-reactive ketones (excluding diaryl/α,β-unsaturated/α-hetero) is 1. The van der Waals surface area contributed by atoms with Crippen LogP contribution in [0.1, 0.15) is 50.0 Å². The van der Waals surface area contributed by atoms with Gasteiger partial charge in [0.05, 0.1) is 19.8 Å². The maximum absolute atomic E-state index is 12.2. The lowest BCUT2D eigenvalue weighted by Crippen LogP contribution is -2.03. The Kier molecular flexibility index (Phi) is 8.42. The van der Waals surface area contributed by atoms with Gasteiger partial charge < -0.3 is 0 Å². The van der Waals surface area contributed by atoms with E-state index in [-0.39, 0.29) is 25.6 Å². The minimum atomic E-state index is -3.52. The summed E-state index contributed by atoms with van der Waals surface area (Å²) >= 11 is 0. The summed E-state index contributed by atoms with van der Waals surface area (Å²) < 4.78 is 27.7. The second-order valence-electron chi connectivity index (χ2n) is 4.91. The van der Waals surface area contributed by atoms with Crippen LogP contribution in [0, 0.1) is 0 Å². The van der Waals surface area contributed by atoms with Crippen LogP contribution in [-0.4, -0.2) is 25.6 Å². The third-order valence-corrected chi connectivity index (χ3v) is 4.60. The summed E-state index contributed by atoms with van der Waals surface area (Å²) in [4.78, 5) is 12.0. The van der Waals surface area contributed by atoms with E-state index in [4.69, 9.17) is 13.6 Å². The molecule has 0 spiro atoms. The molecular formula is C17H25O5P. The third kappa shape index (κ3) is 6.40. The monoisotopic (exact) mass is 340 g/mol. The molecule has 0 saturated heterocycles. The Hall–Kier alpha value is -1.26. The molecule has 0 fully saturated rings. The van der Waals surface area contributed by atoms with Crippen LogP contribution in [0.5, 0.6) is 0 Å². The number of phosphoric acid groups is 1. The molecule has 0 saturated carbocycles. The van der Waals surface area contributed by atoms with Crippen molar-refractivity contribution >= 4 is 19.7 Å². The molecule has 0 aromatic heterocycles. The average molecular weight is 340 g/mol. The second kappa shape index (κ2) is 9.78. The van der Waals surface area contributed by atoms with Crippen LogP contribution in [0.15, 0.2) is 29.8 Å². The number of hydrogen-bond donors (Lipinski definition) is 0. The van der Waals surface area contributed by atoms with E-state index in [9.17, 15) is 9.36 Å². The summed E-state index contributed by atoms with van der Waals surface area (Å²) in [6.45, 7) is 7.72. The Morgan fingerprint density at radius 2 is 1.70 bits per heavy atom. The van der Waals surface area contributed by atoms with Crippen molar-refractivity contribution in [2.24, 2.45) is 0 Å². The standard InChI is InChI=1S/C17H25O5P/c1-5-17(18)16-11-9-8-10-15(16)12-14(4)13-22-23(19,20-6-2)21-7-3/h8-12H,5-7,13H2,1-4H3/b14-12+. The average Bonchev–Trinajstić information content (AvgIpc) is 2.53. The van der Waals surface area contributed by atoms with Crippen LogP contribution in [0.2, 0.25) is 0 Å². The van der Waals surface area contributed by atoms with Crippen molar-refractivity contribution in [2.75, 3.05) is 19.8 Å². The zero-order chi connectivity index (χ0) is 17.3. The molecule has 5 nitrogen and oxygen atoms in total. The molecular weight excluding hydrogens is 315 g/mol. The summed E-state index contributed by atoms with van der Waals surface area (Å²) in [6.07, 6.45) is 2.30. The molecule has 1 rings (SSSR count). The maximum atomic E-state index is 12.2. The number of benzene rings is 1. The first kappa shape index (κ1) is 19.8. The number of ketones is 1. The summed E-state index contributed by atoms with van der Waals surface area (Å²) in [5.41, 5.74) is 2.32. The first-order chi connectivity index (χ1) is 11.0. The Balaban J connectivity index is 2.85. The number of hydrogen-bond acceptors (Lipinski definition) is 5. The molecule has 0 radical (unpaired) electrons. The topological polar surface area (TPSA) is 61.8 Å². The van der Waals surface area contributed by atoms with Gasteiger partial charge in [-0.3, -0.25) is 18.4 Å². The predicted molar refractivity (Wildman–Crippen MR) is 91.5 cm³/mol. The fourth-order valence-corrected chi connectivity index (χ4v) is 3.20. The molecule has 0 amide bonds. The van der Waals surface area contributed by atoms with Crippen molar-refractivity contribution in [3.63, 3.8) is 0 Å². The highest BCUT2D eigenvalue weighted by atomic mass is 31.2. The molecule has 128 valence electrons. The number of rotatable bonds is 10. The molecule has 0 aliphatic carbocycles. The normalized spacial score (nSPS) is 12.4. The van der Waals surface area contributed by atoms with Gasteiger partial charge in [-0.05, 0) is 31.9 Å². The van der Waals surface area contributed by atoms with Crippen molar-refractivity contribution in [3.8, 4) is 0 Å². The van der Waals surface area contributed by atoms with E-state index >= 15 is 0 Å². The fourth-order valence-electron chi connectivity index (χ4n) is 1.98. The van der Waals surface area contributed by atoms with E-state index in [2.05, 4.69) is 0 Å². The lowest BCUT2D eigenvalue weighted by molar-refractivity contribution is 0.0987. The smallest absolute Gasteiger partial charge is 0.294 e. The molecule has 0 aliphatic heterocycles. The minimum absolute atomic E-state index is 0.0832. The molecule has 0 unspecified atom stereocenters. The molecule has 0 atom stereocenters. The Bertz CT molecular complexity index is 584. The lowest BCUT2D eigenvalue weighted by Gasteiger charge is -2.16. The highest BCUT2D eigenvalue weighted by Crippen LogP contribution is 2.49. The van der Waals surface area contributed by atoms with Gasteiger partial charge >= 0.3 is 7.82 Å². The summed E-state index contributed by atoms with van der Waals surface area (Å²) in [5.74, 6) is 0.0832. The Morgan fingerprint density at radius 3 is 2.26 bits per heavy atom. The largest absolute Gasteiger partial charge is 0.475 e. The molecule has 0 N–H and O–H groups in total. The molecule has 0 heterocycles. The molecule has 6 heteroatoms. The van der Waals surface area contributed by atoms with Gasteiger partial charge in [-0.25, -0.2) is 4.57 Å². The van der Waals surface area contributed by atoms with E-state index in [0.29, 0.717) is 12.0 Å². The van der Waals surface area contributed by atoms with Crippen molar-refractivity contribution in [1.29, 1.82) is 0 Å². The van der Waals surface area contributed by atoms with Crippen molar-refractivity contribution in [1.82, 2.24) is 0 Å². The lowest BCUT2D eigenvalue weighted by atomic mass is 10.0. The molecule has 1 aromatic carbocycles. The van der Waals surface area contributed by atoms with Crippen LogP contribution in [-0.2, 0) is 18.1 Å². The molecule has 1 aromatic rings. The molecule has 23 heavy (non-hydrogen) atoms. The van der Waals surface area contributed by atoms with Crippen molar-refractivity contribution < 1.29 is 22.9 Å². The Labute approximate surface area is 138 Å². The van der Waals surface area contributed by atoms with Gasteiger partial charge in [0.25, 0.3) is 0 Å². The van der Waals surface area contributed by atoms with Crippen LogP contribution < -0.4 is 0 Å². The third-order valence-electron chi connectivity index (χ3n) is 3.01. The molecule has 0 aliphatic rings.